The number of hydrogen-bond acceptors (Lipinski definition) is 7. The van der Waals surface area contributed by atoms with Gasteiger partial charge < -0.3 is 19.2 Å². The summed E-state index contributed by atoms with van der Waals surface area (Å²) in [5.41, 5.74) is 2.86. The molecule has 3 aromatic rings. The minimum absolute atomic E-state index is 0.0359. The third kappa shape index (κ3) is 5.37. The molecule has 1 saturated heterocycles. The summed E-state index contributed by atoms with van der Waals surface area (Å²) in [7, 11) is 0.877. The second-order valence-corrected chi connectivity index (χ2v) is 12.3. The first-order chi connectivity index (χ1) is 16.7. The first-order valence-electron chi connectivity index (χ1n) is 11.8. The number of nitrogens with zero attached hydrogens (tertiary/aromatic N) is 5. The van der Waals surface area contributed by atoms with Crippen LogP contribution in [0.3, 0.4) is 0 Å². The van der Waals surface area contributed by atoms with Gasteiger partial charge in [0.1, 0.15) is 12.1 Å². The highest BCUT2D eigenvalue weighted by molar-refractivity contribution is 7.91. The Labute approximate surface area is 211 Å². The number of rotatable bonds is 9. The van der Waals surface area contributed by atoms with Crippen LogP contribution in [0.5, 0.6) is 0 Å². The first-order valence-corrected chi connectivity index (χ1v) is 14.0. The van der Waals surface area contributed by atoms with E-state index in [-0.39, 0.29) is 11.5 Å². The second-order valence-electron chi connectivity index (χ2n) is 9.38. The molecule has 35 heavy (non-hydrogen) atoms. The smallest absolute Gasteiger partial charge is 0.151 e. The molecule has 0 radical (unpaired) electrons. The minimum atomic E-state index is -3.15. The van der Waals surface area contributed by atoms with Crippen molar-refractivity contribution in [2.75, 3.05) is 43.6 Å². The number of carbonyl (C=O) groups is 1. The number of benzene rings is 1. The van der Waals surface area contributed by atoms with Crippen molar-refractivity contribution in [1.82, 2.24) is 19.4 Å². The van der Waals surface area contributed by atoms with Crippen LogP contribution < -0.4 is 4.90 Å². The van der Waals surface area contributed by atoms with E-state index in [9.17, 15) is 13.2 Å². The molecule has 0 atom stereocenters. The zero-order chi connectivity index (χ0) is 25.2. The molecule has 0 bridgehead atoms. The normalized spacial score (nSPS) is 16.5. The Balaban J connectivity index is 1.70. The van der Waals surface area contributed by atoms with E-state index in [4.69, 9.17) is 16.6 Å². The van der Waals surface area contributed by atoms with Gasteiger partial charge >= 0.3 is 0 Å². The first kappa shape index (κ1) is 25.6. The van der Waals surface area contributed by atoms with E-state index in [0.29, 0.717) is 18.1 Å². The van der Waals surface area contributed by atoms with Gasteiger partial charge in [0.05, 0.1) is 40.6 Å². The van der Waals surface area contributed by atoms with Gasteiger partial charge in [0.25, 0.3) is 0 Å². The van der Waals surface area contributed by atoms with Crippen LogP contribution in [0.15, 0.2) is 36.7 Å². The number of aromatic nitrogens is 3. The number of carbonyl (C=O) groups excluding carboxylic acids is 1. The number of piperidine rings is 1. The minimum Gasteiger partial charge on any atom is -0.366 e. The van der Waals surface area contributed by atoms with Gasteiger partial charge in [-0.05, 0) is 62.8 Å². The number of hydrogen-bond donors (Lipinski definition) is 0. The molecule has 8 nitrogen and oxygen atoms in total. The highest BCUT2D eigenvalue weighted by Gasteiger charge is 2.37. The lowest BCUT2D eigenvalue weighted by molar-refractivity contribution is -0.114. The summed E-state index contributed by atoms with van der Waals surface area (Å²) in [5, 5.41) is 0.577. The summed E-state index contributed by atoms with van der Waals surface area (Å²) in [6, 6.07) is 7.40. The molecule has 10 heteroatoms. The molecule has 0 N–H and O–H groups in total. The largest absolute Gasteiger partial charge is 0.366 e. The Morgan fingerprint density at radius 2 is 1.97 bits per heavy atom. The van der Waals surface area contributed by atoms with Crippen LogP contribution in [0, 0.1) is 0 Å². The number of imidazole rings is 1. The zero-order valence-corrected chi connectivity index (χ0v) is 22.0. The van der Waals surface area contributed by atoms with Crippen LogP contribution in [-0.2, 0) is 33.1 Å². The van der Waals surface area contributed by atoms with E-state index in [1.54, 1.807) is 31.5 Å². The average Bonchev–Trinajstić information content (AvgIpc) is 3.19. The molecular weight excluding hydrogens is 486 g/mol. The maximum absolute atomic E-state index is 12.4. The SMILES string of the molecule is CCS(=O)(=O)CCn1c(CN(C)c2cnccc2C2(C=O)CCN(C)CC2)nc2cc(Cl)ccc21. The lowest BCUT2D eigenvalue weighted by Gasteiger charge is -2.39. The summed E-state index contributed by atoms with van der Waals surface area (Å²) >= 11 is 6.20. The average molecular weight is 518 g/mol. The maximum Gasteiger partial charge on any atom is 0.151 e. The highest BCUT2D eigenvalue weighted by Crippen LogP contribution is 2.38. The van der Waals surface area contributed by atoms with E-state index in [1.165, 1.54) is 0 Å². The molecule has 0 amide bonds. The maximum atomic E-state index is 12.4. The van der Waals surface area contributed by atoms with E-state index in [1.807, 2.05) is 28.6 Å². The number of fused-ring (bicyclic) bond motifs is 1. The van der Waals surface area contributed by atoms with Crippen LogP contribution in [0.25, 0.3) is 11.0 Å². The van der Waals surface area contributed by atoms with E-state index in [2.05, 4.69) is 16.9 Å². The fourth-order valence-corrected chi connectivity index (χ4v) is 5.69. The monoisotopic (exact) mass is 517 g/mol. The van der Waals surface area contributed by atoms with Gasteiger partial charge in [0, 0.05) is 30.6 Å². The highest BCUT2D eigenvalue weighted by atomic mass is 35.5. The van der Waals surface area contributed by atoms with Gasteiger partial charge in [-0.3, -0.25) is 4.98 Å². The summed E-state index contributed by atoms with van der Waals surface area (Å²) in [6.07, 6.45) is 6.14. The predicted molar refractivity (Wildman–Crippen MR) is 140 cm³/mol. The van der Waals surface area contributed by atoms with Crippen LogP contribution in [0.1, 0.15) is 31.2 Å². The fraction of sp³-hybridized carbons (Fsp3) is 0.480. The van der Waals surface area contributed by atoms with Gasteiger partial charge in [-0.1, -0.05) is 18.5 Å². The van der Waals surface area contributed by atoms with Gasteiger partial charge in [-0.15, -0.1) is 0 Å². The molecule has 1 aromatic carbocycles. The van der Waals surface area contributed by atoms with Crippen LogP contribution in [0.4, 0.5) is 5.69 Å². The Morgan fingerprint density at radius 1 is 1.23 bits per heavy atom. The summed E-state index contributed by atoms with van der Waals surface area (Å²) in [5.74, 6) is 0.867. The Morgan fingerprint density at radius 3 is 2.66 bits per heavy atom. The van der Waals surface area contributed by atoms with Crippen molar-refractivity contribution in [1.29, 1.82) is 0 Å². The van der Waals surface area contributed by atoms with Crippen LogP contribution in [-0.4, -0.2) is 72.8 Å². The Bertz CT molecular complexity index is 1320. The molecular formula is C25H32ClN5O3S. The summed E-state index contributed by atoms with van der Waals surface area (Å²) < 4.78 is 26.4. The summed E-state index contributed by atoms with van der Waals surface area (Å²) in [6.45, 7) is 4.10. The van der Waals surface area contributed by atoms with Crippen LogP contribution in [0.2, 0.25) is 5.02 Å². The standard InChI is InChI=1S/C25H32ClN5O3S/c1-4-35(33,34)14-13-31-22-6-5-19(26)15-21(22)28-24(31)17-30(3)23-16-27-10-7-20(23)25(18-32)8-11-29(2)12-9-25/h5-7,10,15-16,18H,4,8-9,11-14,17H2,1-3H3. The molecule has 1 aliphatic rings. The van der Waals surface area contributed by atoms with Crippen molar-refractivity contribution in [2.45, 2.75) is 38.3 Å². The second kappa shape index (κ2) is 10.2. The van der Waals surface area contributed by atoms with Crippen LogP contribution >= 0.6 is 11.6 Å². The summed E-state index contributed by atoms with van der Waals surface area (Å²) in [4.78, 5) is 25.8. The number of halogens is 1. The molecule has 0 spiro atoms. The van der Waals surface area contributed by atoms with E-state index < -0.39 is 15.3 Å². The van der Waals surface area contributed by atoms with Crippen molar-refractivity contribution >= 4 is 44.4 Å². The number of likely N-dealkylation sites (tertiary alicyclic amines) is 1. The lowest BCUT2D eigenvalue weighted by atomic mass is 9.73. The molecule has 188 valence electrons. The van der Waals surface area contributed by atoms with Crippen molar-refractivity contribution in [3.63, 3.8) is 0 Å². The number of anilines is 1. The lowest BCUT2D eigenvalue weighted by Crippen LogP contribution is -2.42. The van der Waals surface area contributed by atoms with Gasteiger partial charge in [-0.25, -0.2) is 13.4 Å². The molecule has 1 aliphatic heterocycles. The fourth-order valence-electron chi connectivity index (χ4n) is 4.77. The number of sulfone groups is 1. The number of aryl methyl sites for hydroxylation is 1. The molecule has 0 aliphatic carbocycles. The molecule has 0 unspecified atom stereocenters. The van der Waals surface area contributed by atoms with Gasteiger partial charge in [-0.2, -0.15) is 0 Å². The van der Waals surface area contributed by atoms with E-state index >= 15 is 0 Å². The van der Waals surface area contributed by atoms with Gasteiger partial charge in [0.15, 0.2) is 9.84 Å². The predicted octanol–water partition coefficient (Wildman–Crippen LogP) is 3.32. The topological polar surface area (TPSA) is 88.4 Å². The third-order valence-corrected chi connectivity index (χ3v) is 9.01. The number of aldehydes is 1. The Kier molecular flexibility index (Phi) is 7.49. The molecule has 2 aromatic heterocycles. The molecule has 0 saturated carbocycles. The molecule has 4 rings (SSSR count). The van der Waals surface area contributed by atoms with Crippen molar-refractivity contribution in [3.8, 4) is 0 Å². The van der Waals surface area contributed by atoms with Crippen molar-refractivity contribution < 1.29 is 13.2 Å². The molecule has 1 fully saturated rings. The third-order valence-electron chi connectivity index (χ3n) is 7.09. The Hall–Kier alpha value is -2.49. The van der Waals surface area contributed by atoms with Gasteiger partial charge in [0.2, 0.25) is 0 Å². The zero-order valence-electron chi connectivity index (χ0n) is 20.4. The quantitative estimate of drug-likeness (QED) is 0.402. The van der Waals surface area contributed by atoms with Crippen molar-refractivity contribution in [2.24, 2.45) is 0 Å². The van der Waals surface area contributed by atoms with E-state index in [0.717, 1.165) is 60.3 Å². The molecule has 3 heterocycles. The number of pyridine rings is 1. The van der Waals surface area contributed by atoms with Crippen molar-refractivity contribution in [3.05, 3.63) is 53.1 Å².